The van der Waals surface area contributed by atoms with Crippen molar-refractivity contribution < 1.29 is 18.7 Å². The van der Waals surface area contributed by atoms with Gasteiger partial charge in [0.05, 0.1) is 6.42 Å². The highest BCUT2D eigenvalue weighted by Crippen LogP contribution is 2.19. The van der Waals surface area contributed by atoms with Crippen molar-refractivity contribution >= 4 is 23.6 Å². The Hall–Kier alpha value is -1.56. The number of carbonyl (C=O) groups is 2. The van der Waals surface area contributed by atoms with E-state index < -0.39 is 5.97 Å². The van der Waals surface area contributed by atoms with E-state index in [2.05, 4.69) is 5.32 Å². The van der Waals surface area contributed by atoms with Crippen LogP contribution in [0.5, 0.6) is 0 Å². The highest BCUT2D eigenvalue weighted by Gasteiger charge is 2.17. The SMILES string of the molecule is O=C(COC(=O)CCSc1ccc(F)cc1)NC1CCCC1. The number of hydrogen-bond acceptors (Lipinski definition) is 4. The molecule has 1 aliphatic carbocycles. The number of nitrogens with one attached hydrogen (secondary N) is 1. The van der Waals surface area contributed by atoms with Gasteiger partial charge < -0.3 is 10.1 Å². The van der Waals surface area contributed by atoms with Crippen LogP contribution in [0.15, 0.2) is 29.2 Å². The van der Waals surface area contributed by atoms with E-state index in [1.807, 2.05) is 0 Å². The fourth-order valence-corrected chi connectivity index (χ4v) is 3.17. The fourth-order valence-electron chi connectivity index (χ4n) is 2.34. The maximum atomic E-state index is 12.7. The number of halogens is 1. The standard InChI is InChI=1S/C16H20FNO3S/c17-12-5-7-14(8-6-12)22-10-9-16(20)21-11-15(19)18-13-3-1-2-4-13/h5-8,13H,1-4,9-11H2,(H,18,19). The first-order valence-corrected chi connectivity index (χ1v) is 8.45. The van der Waals surface area contributed by atoms with Gasteiger partial charge in [-0.15, -0.1) is 11.8 Å². The van der Waals surface area contributed by atoms with E-state index in [-0.39, 0.29) is 30.8 Å². The zero-order chi connectivity index (χ0) is 15.8. The van der Waals surface area contributed by atoms with Crippen molar-refractivity contribution in [1.29, 1.82) is 0 Å². The van der Waals surface area contributed by atoms with Crippen molar-refractivity contribution in [1.82, 2.24) is 5.32 Å². The van der Waals surface area contributed by atoms with Gasteiger partial charge in [0.25, 0.3) is 5.91 Å². The lowest BCUT2D eigenvalue weighted by Gasteiger charge is -2.11. The predicted octanol–water partition coefficient (Wildman–Crippen LogP) is 2.91. The molecule has 1 fully saturated rings. The van der Waals surface area contributed by atoms with Crippen LogP contribution in [0.3, 0.4) is 0 Å². The third kappa shape index (κ3) is 6.05. The number of thioether (sulfide) groups is 1. The summed E-state index contributed by atoms with van der Waals surface area (Å²) in [6.07, 6.45) is 4.53. The molecule has 22 heavy (non-hydrogen) atoms. The molecular formula is C16H20FNO3S. The molecule has 0 bridgehead atoms. The summed E-state index contributed by atoms with van der Waals surface area (Å²) in [7, 11) is 0. The van der Waals surface area contributed by atoms with Crippen LogP contribution in [0.1, 0.15) is 32.1 Å². The Labute approximate surface area is 133 Å². The number of rotatable bonds is 7. The predicted molar refractivity (Wildman–Crippen MR) is 83.1 cm³/mol. The molecule has 0 unspecified atom stereocenters. The third-order valence-electron chi connectivity index (χ3n) is 3.47. The summed E-state index contributed by atoms with van der Waals surface area (Å²) in [5, 5.41) is 2.86. The zero-order valence-electron chi connectivity index (χ0n) is 12.3. The summed E-state index contributed by atoms with van der Waals surface area (Å²) in [4.78, 5) is 24.1. The van der Waals surface area contributed by atoms with Gasteiger partial charge in [-0.25, -0.2) is 4.39 Å². The van der Waals surface area contributed by atoms with Crippen LogP contribution >= 0.6 is 11.8 Å². The number of ether oxygens (including phenoxy) is 1. The average Bonchev–Trinajstić information content (AvgIpc) is 3.00. The molecule has 0 atom stereocenters. The molecule has 1 aliphatic rings. The number of esters is 1. The van der Waals surface area contributed by atoms with Crippen LogP contribution in [0.4, 0.5) is 4.39 Å². The summed E-state index contributed by atoms with van der Waals surface area (Å²) in [5.41, 5.74) is 0. The van der Waals surface area contributed by atoms with Gasteiger partial charge in [0.15, 0.2) is 6.61 Å². The van der Waals surface area contributed by atoms with Crippen LogP contribution in [0.2, 0.25) is 0 Å². The first kappa shape index (κ1) is 16.8. The number of carbonyl (C=O) groups excluding carboxylic acids is 2. The monoisotopic (exact) mass is 325 g/mol. The molecule has 0 aliphatic heterocycles. The summed E-state index contributed by atoms with van der Waals surface area (Å²) in [6, 6.07) is 6.34. The Balaban J connectivity index is 1.57. The Morgan fingerprint density at radius 2 is 1.91 bits per heavy atom. The molecule has 0 aromatic heterocycles. The van der Waals surface area contributed by atoms with Crippen LogP contribution in [-0.4, -0.2) is 30.3 Å². The van der Waals surface area contributed by atoms with Crippen molar-refractivity contribution in [2.24, 2.45) is 0 Å². The fraction of sp³-hybridized carbons (Fsp3) is 0.500. The van der Waals surface area contributed by atoms with E-state index in [0.717, 1.165) is 30.6 Å². The van der Waals surface area contributed by atoms with Crippen molar-refractivity contribution in [3.8, 4) is 0 Å². The molecule has 1 aromatic rings. The van der Waals surface area contributed by atoms with E-state index in [1.165, 1.54) is 23.9 Å². The van der Waals surface area contributed by atoms with Gasteiger partial charge in [0.2, 0.25) is 0 Å². The lowest BCUT2D eigenvalue weighted by molar-refractivity contribution is -0.148. The van der Waals surface area contributed by atoms with Crippen molar-refractivity contribution in [2.45, 2.75) is 43.0 Å². The zero-order valence-corrected chi connectivity index (χ0v) is 13.2. The van der Waals surface area contributed by atoms with Gasteiger partial charge in [-0.05, 0) is 37.1 Å². The van der Waals surface area contributed by atoms with Crippen LogP contribution in [0, 0.1) is 5.82 Å². The molecule has 0 spiro atoms. The minimum Gasteiger partial charge on any atom is -0.456 e. The molecule has 1 aromatic carbocycles. The van der Waals surface area contributed by atoms with Gasteiger partial charge in [-0.2, -0.15) is 0 Å². The van der Waals surface area contributed by atoms with Crippen LogP contribution in [-0.2, 0) is 14.3 Å². The second-order valence-corrected chi connectivity index (χ2v) is 6.43. The molecule has 0 saturated heterocycles. The number of hydrogen-bond donors (Lipinski definition) is 1. The van der Waals surface area contributed by atoms with E-state index >= 15 is 0 Å². The Morgan fingerprint density at radius 1 is 1.23 bits per heavy atom. The summed E-state index contributed by atoms with van der Waals surface area (Å²) < 4.78 is 17.7. The molecule has 2 rings (SSSR count). The molecule has 4 nitrogen and oxygen atoms in total. The lowest BCUT2D eigenvalue weighted by atomic mass is 10.2. The summed E-state index contributed by atoms with van der Waals surface area (Å²) in [6.45, 7) is -0.212. The molecule has 120 valence electrons. The third-order valence-corrected chi connectivity index (χ3v) is 4.49. The van der Waals surface area contributed by atoms with Gasteiger partial charge in [0, 0.05) is 16.7 Å². The normalized spacial score (nSPS) is 14.8. The Bertz CT molecular complexity index is 501. The van der Waals surface area contributed by atoms with E-state index in [4.69, 9.17) is 4.74 Å². The molecule has 0 radical (unpaired) electrons. The van der Waals surface area contributed by atoms with Crippen molar-refractivity contribution in [2.75, 3.05) is 12.4 Å². The van der Waals surface area contributed by atoms with E-state index in [0.29, 0.717) is 5.75 Å². The highest BCUT2D eigenvalue weighted by molar-refractivity contribution is 7.99. The molecule has 6 heteroatoms. The van der Waals surface area contributed by atoms with E-state index in [1.54, 1.807) is 12.1 Å². The summed E-state index contributed by atoms with van der Waals surface area (Å²) in [5.74, 6) is -0.367. The molecule has 1 N–H and O–H groups in total. The van der Waals surface area contributed by atoms with Gasteiger partial charge in [-0.1, -0.05) is 12.8 Å². The highest BCUT2D eigenvalue weighted by atomic mass is 32.2. The second-order valence-electron chi connectivity index (χ2n) is 5.26. The van der Waals surface area contributed by atoms with E-state index in [9.17, 15) is 14.0 Å². The minimum atomic E-state index is -0.392. The molecule has 1 amide bonds. The number of benzene rings is 1. The molecule has 1 saturated carbocycles. The Morgan fingerprint density at radius 3 is 2.59 bits per heavy atom. The molecular weight excluding hydrogens is 305 g/mol. The van der Waals surface area contributed by atoms with Crippen molar-refractivity contribution in [3.63, 3.8) is 0 Å². The maximum Gasteiger partial charge on any atom is 0.307 e. The largest absolute Gasteiger partial charge is 0.456 e. The van der Waals surface area contributed by atoms with Gasteiger partial charge in [0.1, 0.15) is 5.82 Å². The Kier molecular flexibility index (Phi) is 6.71. The molecule has 0 heterocycles. The number of amides is 1. The van der Waals surface area contributed by atoms with Crippen LogP contribution in [0.25, 0.3) is 0 Å². The van der Waals surface area contributed by atoms with Crippen molar-refractivity contribution in [3.05, 3.63) is 30.1 Å². The second kappa shape index (κ2) is 8.78. The van der Waals surface area contributed by atoms with Crippen LogP contribution < -0.4 is 5.32 Å². The first-order chi connectivity index (χ1) is 10.6. The van der Waals surface area contributed by atoms with Gasteiger partial charge >= 0.3 is 5.97 Å². The quantitative estimate of drug-likeness (QED) is 0.619. The summed E-state index contributed by atoms with van der Waals surface area (Å²) >= 11 is 1.45. The lowest BCUT2D eigenvalue weighted by Crippen LogP contribution is -2.35. The minimum absolute atomic E-state index is 0.212. The first-order valence-electron chi connectivity index (χ1n) is 7.47. The average molecular weight is 325 g/mol. The topological polar surface area (TPSA) is 55.4 Å². The van der Waals surface area contributed by atoms with Gasteiger partial charge in [-0.3, -0.25) is 9.59 Å². The smallest absolute Gasteiger partial charge is 0.307 e. The maximum absolute atomic E-state index is 12.7.